The minimum Gasteiger partial charge on any atom is -0.457 e. The van der Waals surface area contributed by atoms with Gasteiger partial charge in [0.05, 0.1) is 0 Å². The van der Waals surface area contributed by atoms with Crippen LogP contribution in [0.15, 0.2) is 109 Å². The van der Waals surface area contributed by atoms with Crippen LogP contribution in [0.4, 0.5) is 0 Å². The summed E-state index contributed by atoms with van der Waals surface area (Å²) in [6.45, 7) is 0. The largest absolute Gasteiger partial charge is 0.457 e. The first-order valence-electron chi connectivity index (χ1n) is 8.37. The average molecular weight is 322 g/mol. The maximum Gasteiger partial charge on any atom is 0.128 e. The fraction of sp³-hybridized carbons (Fsp3) is 0. The van der Waals surface area contributed by atoms with E-state index < -0.39 is 0 Å². The minimum absolute atomic E-state index is 0.839. The Bertz CT molecular complexity index is 878. The van der Waals surface area contributed by atoms with Gasteiger partial charge in [0.15, 0.2) is 0 Å². The Morgan fingerprint density at radius 3 is 1.20 bits per heavy atom. The smallest absolute Gasteiger partial charge is 0.128 e. The summed E-state index contributed by atoms with van der Waals surface area (Å²) in [5.74, 6) is 1.68. The van der Waals surface area contributed by atoms with E-state index in [-0.39, 0.29) is 0 Å². The second-order valence-electron chi connectivity index (χ2n) is 5.89. The van der Waals surface area contributed by atoms with Crippen molar-refractivity contribution in [3.63, 3.8) is 0 Å². The molecule has 0 saturated heterocycles. The molecular formula is C24H18O. The second kappa shape index (κ2) is 7.06. The minimum atomic E-state index is 0.839. The summed E-state index contributed by atoms with van der Waals surface area (Å²) in [6, 6.07) is 37.0. The number of hydrogen-bond donors (Lipinski definition) is 0. The fourth-order valence-corrected chi connectivity index (χ4v) is 2.88. The number of benzene rings is 4. The van der Waals surface area contributed by atoms with Crippen molar-refractivity contribution in [1.82, 2.24) is 0 Å². The molecule has 0 radical (unpaired) electrons. The highest BCUT2D eigenvalue weighted by Crippen LogP contribution is 2.29. The van der Waals surface area contributed by atoms with E-state index in [0.717, 1.165) is 22.6 Å². The molecule has 0 fully saturated rings. The number of rotatable bonds is 4. The summed E-state index contributed by atoms with van der Waals surface area (Å²) in [5, 5.41) is 0. The standard InChI is InChI=1S/C24H18O/c1-3-9-19(10-4-1)21-13-7-15-23(17-21)25-24-16-8-14-22(18-24)20-11-5-2-6-12-20/h1-18H. The van der Waals surface area contributed by atoms with Crippen molar-refractivity contribution in [2.45, 2.75) is 0 Å². The summed E-state index contributed by atoms with van der Waals surface area (Å²) < 4.78 is 6.10. The Morgan fingerprint density at radius 1 is 0.360 bits per heavy atom. The highest BCUT2D eigenvalue weighted by Gasteiger charge is 2.03. The molecule has 4 aromatic rings. The molecule has 0 N–H and O–H groups in total. The molecule has 120 valence electrons. The SMILES string of the molecule is c1ccc(-c2cccc(Oc3cccc(-c4ccccc4)c3)c2)cc1. The Labute approximate surface area is 148 Å². The third-order valence-electron chi connectivity index (χ3n) is 4.12. The molecule has 0 unspecified atom stereocenters. The molecule has 0 aliphatic rings. The maximum atomic E-state index is 6.10. The van der Waals surface area contributed by atoms with E-state index in [9.17, 15) is 0 Å². The van der Waals surface area contributed by atoms with Gasteiger partial charge in [0.2, 0.25) is 0 Å². The van der Waals surface area contributed by atoms with Crippen molar-refractivity contribution in [2.75, 3.05) is 0 Å². The zero-order chi connectivity index (χ0) is 16.9. The van der Waals surface area contributed by atoms with E-state index in [0.29, 0.717) is 0 Å². The molecule has 0 aliphatic heterocycles. The highest BCUT2D eigenvalue weighted by atomic mass is 16.5. The lowest BCUT2D eigenvalue weighted by molar-refractivity contribution is 0.483. The van der Waals surface area contributed by atoms with E-state index in [1.54, 1.807) is 0 Å². The van der Waals surface area contributed by atoms with Crippen LogP contribution in [0.5, 0.6) is 11.5 Å². The molecule has 0 spiro atoms. The maximum absolute atomic E-state index is 6.10. The van der Waals surface area contributed by atoms with Gasteiger partial charge >= 0.3 is 0 Å². The highest BCUT2D eigenvalue weighted by molar-refractivity contribution is 5.66. The van der Waals surface area contributed by atoms with Gasteiger partial charge in [0.25, 0.3) is 0 Å². The molecule has 0 saturated carbocycles. The molecule has 1 heteroatoms. The normalized spacial score (nSPS) is 10.4. The van der Waals surface area contributed by atoms with Crippen molar-refractivity contribution in [1.29, 1.82) is 0 Å². The van der Waals surface area contributed by atoms with Crippen LogP contribution >= 0.6 is 0 Å². The first-order valence-corrected chi connectivity index (χ1v) is 8.37. The molecule has 0 aromatic heterocycles. The molecule has 0 heterocycles. The predicted octanol–water partition coefficient (Wildman–Crippen LogP) is 6.81. The van der Waals surface area contributed by atoms with Gasteiger partial charge in [0.1, 0.15) is 11.5 Å². The van der Waals surface area contributed by atoms with Crippen LogP contribution in [0.1, 0.15) is 0 Å². The van der Waals surface area contributed by atoms with Crippen molar-refractivity contribution in [2.24, 2.45) is 0 Å². The van der Waals surface area contributed by atoms with Gasteiger partial charge in [-0.1, -0.05) is 84.9 Å². The van der Waals surface area contributed by atoms with Crippen LogP contribution in [0.2, 0.25) is 0 Å². The van der Waals surface area contributed by atoms with Crippen molar-refractivity contribution < 1.29 is 4.74 Å². The third kappa shape index (κ3) is 3.61. The lowest BCUT2D eigenvalue weighted by Crippen LogP contribution is -1.86. The van der Waals surface area contributed by atoms with Gasteiger partial charge in [0, 0.05) is 0 Å². The lowest BCUT2D eigenvalue weighted by Gasteiger charge is -2.09. The third-order valence-corrected chi connectivity index (χ3v) is 4.12. The fourth-order valence-electron chi connectivity index (χ4n) is 2.88. The zero-order valence-electron chi connectivity index (χ0n) is 13.8. The second-order valence-corrected chi connectivity index (χ2v) is 5.89. The van der Waals surface area contributed by atoms with Crippen LogP contribution in [0, 0.1) is 0 Å². The predicted molar refractivity (Wildman–Crippen MR) is 104 cm³/mol. The molecule has 0 aliphatic carbocycles. The van der Waals surface area contributed by atoms with Gasteiger partial charge in [-0.25, -0.2) is 0 Å². The molecule has 0 atom stereocenters. The van der Waals surface area contributed by atoms with Gasteiger partial charge in [-0.05, 0) is 46.5 Å². The van der Waals surface area contributed by atoms with Crippen LogP contribution in [0.25, 0.3) is 22.3 Å². The van der Waals surface area contributed by atoms with E-state index in [1.807, 2.05) is 60.7 Å². The molecule has 25 heavy (non-hydrogen) atoms. The van der Waals surface area contributed by atoms with Gasteiger partial charge < -0.3 is 4.74 Å². The van der Waals surface area contributed by atoms with Crippen molar-refractivity contribution in [3.05, 3.63) is 109 Å². The topological polar surface area (TPSA) is 9.23 Å². The summed E-state index contributed by atoms with van der Waals surface area (Å²) in [5.41, 5.74) is 4.67. The Balaban J connectivity index is 1.61. The summed E-state index contributed by atoms with van der Waals surface area (Å²) in [7, 11) is 0. The van der Waals surface area contributed by atoms with Crippen LogP contribution in [-0.4, -0.2) is 0 Å². The molecular weight excluding hydrogens is 304 g/mol. The average Bonchev–Trinajstić information content (AvgIpc) is 2.70. The Kier molecular flexibility index (Phi) is 4.30. The molecule has 0 amide bonds. The zero-order valence-corrected chi connectivity index (χ0v) is 13.8. The first kappa shape index (κ1) is 15.2. The van der Waals surface area contributed by atoms with Crippen molar-refractivity contribution >= 4 is 0 Å². The molecule has 0 bridgehead atoms. The van der Waals surface area contributed by atoms with Gasteiger partial charge in [-0.3, -0.25) is 0 Å². The lowest BCUT2D eigenvalue weighted by atomic mass is 10.1. The van der Waals surface area contributed by atoms with Crippen LogP contribution in [0.3, 0.4) is 0 Å². The summed E-state index contributed by atoms with van der Waals surface area (Å²) >= 11 is 0. The van der Waals surface area contributed by atoms with Crippen LogP contribution in [-0.2, 0) is 0 Å². The van der Waals surface area contributed by atoms with Crippen molar-refractivity contribution in [3.8, 4) is 33.8 Å². The van der Waals surface area contributed by atoms with E-state index in [4.69, 9.17) is 4.74 Å². The Hall–Kier alpha value is -3.32. The van der Waals surface area contributed by atoms with E-state index >= 15 is 0 Å². The summed E-state index contributed by atoms with van der Waals surface area (Å²) in [4.78, 5) is 0. The van der Waals surface area contributed by atoms with Gasteiger partial charge in [-0.15, -0.1) is 0 Å². The number of hydrogen-bond acceptors (Lipinski definition) is 1. The Morgan fingerprint density at radius 2 is 0.760 bits per heavy atom. The number of ether oxygens (including phenoxy) is 1. The van der Waals surface area contributed by atoms with Gasteiger partial charge in [-0.2, -0.15) is 0 Å². The van der Waals surface area contributed by atoms with Crippen LogP contribution < -0.4 is 4.74 Å². The molecule has 4 aromatic carbocycles. The molecule has 1 nitrogen and oxygen atoms in total. The summed E-state index contributed by atoms with van der Waals surface area (Å²) in [6.07, 6.45) is 0. The van der Waals surface area contributed by atoms with E-state index in [2.05, 4.69) is 48.5 Å². The monoisotopic (exact) mass is 322 g/mol. The quantitative estimate of drug-likeness (QED) is 0.401. The van der Waals surface area contributed by atoms with E-state index in [1.165, 1.54) is 11.1 Å². The first-order chi connectivity index (χ1) is 12.4. The molecule has 4 rings (SSSR count).